The molecule has 0 fully saturated rings. The quantitative estimate of drug-likeness (QED) is 0.801. The van der Waals surface area contributed by atoms with Crippen molar-refractivity contribution < 1.29 is 4.74 Å². The molecule has 0 amide bonds. The van der Waals surface area contributed by atoms with Gasteiger partial charge >= 0.3 is 0 Å². The van der Waals surface area contributed by atoms with Crippen molar-refractivity contribution >= 4 is 11.6 Å². The highest BCUT2D eigenvalue weighted by Crippen LogP contribution is 2.32. The van der Waals surface area contributed by atoms with Crippen molar-refractivity contribution in [3.05, 3.63) is 29.8 Å². The Morgan fingerprint density at radius 3 is 2.95 bits per heavy atom. The summed E-state index contributed by atoms with van der Waals surface area (Å²) in [5.74, 6) is 2.26. The predicted octanol–water partition coefficient (Wildman–Crippen LogP) is 3.80. The van der Waals surface area contributed by atoms with Gasteiger partial charge in [0.15, 0.2) is 0 Å². The van der Waals surface area contributed by atoms with E-state index in [9.17, 15) is 0 Å². The van der Waals surface area contributed by atoms with E-state index < -0.39 is 0 Å². The maximum Gasteiger partial charge on any atom is 0.122 e. The van der Waals surface area contributed by atoms with Gasteiger partial charge in [-0.15, -0.1) is 11.6 Å². The lowest BCUT2D eigenvalue weighted by atomic mass is 9.93. The zero-order chi connectivity index (χ0) is 13.7. The number of rotatable bonds is 6. The van der Waals surface area contributed by atoms with Gasteiger partial charge in [-0.3, -0.25) is 0 Å². The van der Waals surface area contributed by atoms with Crippen molar-refractivity contribution in [1.82, 2.24) is 5.32 Å². The summed E-state index contributed by atoms with van der Waals surface area (Å²) in [5, 5.41) is 3.75. The van der Waals surface area contributed by atoms with E-state index in [1.165, 1.54) is 5.56 Å². The van der Waals surface area contributed by atoms with Crippen LogP contribution >= 0.6 is 11.6 Å². The molecule has 0 aliphatic carbocycles. The average molecular weight is 282 g/mol. The van der Waals surface area contributed by atoms with E-state index in [0.29, 0.717) is 11.8 Å². The first-order chi connectivity index (χ1) is 9.16. The van der Waals surface area contributed by atoms with Gasteiger partial charge in [0.05, 0.1) is 6.61 Å². The topological polar surface area (TPSA) is 21.3 Å². The molecule has 0 saturated heterocycles. The molecule has 2 atom stereocenters. The van der Waals surface area contributed by atoms with Crippen molar-refractivity contribution in [1.29, 1.82) is 0 Å². The highest BCUT2D eigenvalue weighted by molar-refractivity contribution is 6.20. The normalized spacial score (nSPS) is 19.9. The van der Waals surface area contributed by atoms with E-state index in [4.69, 9.17) is 16.3 Å². The summed E-state index contributed by atoms with van der Waals surface area (Å²) in [6, 6.07) is 8.35. The molecule has 2 unspecified atom stereocenters. The largest absolute Gasteiger partial charge is 0.493 e. The van der Waals surface area contributed by atoms with Gasteiger partial charge in [-0.05, 0) is 30.4 Å². The molecule has 1 heterocycles. The fourth-order valence-electron chi connectivity index (χ4n) is 2.64. The Labute approximate surface area is 121 Å². The van der Waals surface area contributed by atoms with Crippen LogP contribution in [0, 0.1) is 5.92 Å². The predicted molar refractivity (Wildman–Crippen MR) is 81.3 cm³/mol. The Kier molecular flexibility index (Phi) is 5.53. The van der Waals surface area contributed by atoms with Gasteiger partial charge in [0, 0.05) is 24.4 Å². The maximum atomic E-state index is 6.31. The van der Waals surface area contributed by atoms with E-state index in [-0.39, 0.29) is 5.38 Å². The molecule has 0 aromatic heterocycles. The molecular weight excluding hydrogens is 258 g/mol. The van der Waals surface area contributed by atoms with E-state index in [1.807, 2.05) is 6.07 Å². The standard InChI is InChI=1S/C16H24ClNO/c1-12(2)9-14(17)11-18-10-13-7-8-19-16-6-4-3-5-15(13)16/h3-6,12-14,18H,7-11H2,1-2H3. The SMILES string of the molecule is CC(C)CC(Cl)CNCC1CCOc2ccccc21. The Morgan fingerprint density at radius 2 is 2.16 bits per heavy atom. The third-order valence-corrected chi connectivity index (χ3v) is 3.90. The monoisotopic (exact) mass is 281 g/mol. The number of nitrogens with one attached hydrogen (secondary N) is 1. The Bertz CT molecular complexity index is 394. The lowest BCUT2D eigenvalue weighted by molar-refractivity contribution is 0.264. The molecule has 1 aliphatic heterocycles. The highest BCUT2D eigenvalue weighted by Gasteiger charge is 2.20. The van der Waals surface area contributed by atoms with E-state index in [1.54, 1.807) is 0 Å². The molecule has 3 heteroatoms. The molecule has 0 spiro atoms. The summed E-state index contributed by atoms with van der Waals surface area (Å²) in [7, 11) is 0. The van der Waals surface area contributed by atoms with Gasteiger partial charge in [0.1, 0.15) is 5.75 Å². The fraction of sp³-hybridized carbons (Fsp3) is 0.625. The van der Waals surface area contributed by atoms with E-state index in [2.05, 4.69) is 37.4 Å². The number of benzene rings is 1. The van der Waals surface area contributed by atoms with Crippen LogP contribution in [0.2, 0.25) is 0 Å². The Hall–Kier alpha value is -0.730. The molecule has 1 aromatic carbocycles. The number of hydrogen-bond acceptors (Lipinski definition) is 2. The van der Waals surface area contributed by atoms with Crippen LogP contribution in [-0.4, -0.2) is 25.1 Å². The van der Waals surface area contributed by atoms with Gasteiger partial charge < -0.3 is 10.1 Å². The zero-order valence-corrected chi connectivity index (χ0v) is 12.6. The maximum absolute atomic E-state index is 6.31. The number of fused-ring (bicyclic) bond motifs is 1. The van der Waals surface area contributed by atoms with Crippen LogP contribution in [0.5, 0.6) is 5.75 Å². The first kappa shape index (κ1) is 14.7. The zero-order valence-electron chi connectivity index (χ0n) is 11.9. The summed E-state index contributed by atoms with van der Waals surface area (Å²) in [6.07, 6.45) is 2.15. The highest BCUT2D eigenvalue weighted by atomic mass is 35.5. The van der Waals surface area contributed by atoms with E-state index >= 15 is 0 Å². The second-order valence-electron chi connectivity index (χ2n) is 5.76. The van der Waals surface area contributed by atoms with Crippen LogP contribution in [0.3, 0.4) is 0 Å². The Balaban J connectivity index is 1.81. The number of alkyl halides is 1. The minimum Gasteiger partial charge on any atom is -0.493 e. The Morgan fingerprint density at radius 1 is 1.37 bits per heavy atom. The molecule has 106 valence electrons. The molecule has 0 saturated carbocycles. The van der Waals surface area contributed by atoms with Crippen molar-refractivity contribution in [3.8, 4) is 5.75 Å². The molecule has 1 aliphatic rings. The molecule has 19 heavy (non-hydrogen) atoms. The van der Waals surface area contributed by atoms with E-state index in [0.717, 1.165) is 38.3 Å². The smallest absolute Gasteiger partial charge is 0.122 e. The lowest BCUT2D eigenvalue weighted by Crippen LogP contribution is -2.30. The van der Waals surface area contributed by atoms with Gasteiger partial charge in [-0.1, -0.05) is 32.0 Å². The first-order valence-electron chi connectivity index (χ1n) is 7.23. The lowest BCUT2D eigenvalue weighted by Gasteiger charge is -2.26. The van der Waals surface area contributed by atoms with Gasteiger partial charge in [-0.25, -0.2) is 0 Å². The summed E-state index contributed by atoms with van der Waals surface area (Å²) in [4.78, 5) is 0. The number of hydrogen-bond donors (Lipinski definition) is 1. The van der Waals surface area contributed by atoms with Crippen LogP contribution in [0.15, 0.2) is 24.3 Å². The summed E-state index contributed by atoms with van der Waals surface area (Å²) in [6.45, 7) is 7.12. The second-order valence-corrected chi connectivity index (χ2v) is 6.37. The van der Waals surface area contributed by atoms with Crippen LogP contribution < -0.4 is 10.1 Å². The molecule has 1 N–H and O–H groups in total. The first-order valence-corrected chi connectivity index (χ1v) is 7.67. The third kappa shape index (κ3) is 4.39. The average Bonchev–Trinajstić information content (AvgIpc) is 2.38. The fourth-order valence-corrected chi connectivity index (χ4v) is 3.10. The van der Waals surface area contributed by atoms with Gasteiger partial charge in [0.25, 0.3) is 0 Å². The second kappa shape index (κ2) is 7.16. The molecule has 1 aromatic rings. The molecule has 0 radical (unpaired) electrons. The molecule has 0 bridgehead atoms. The number of halogens is 1. The van der Waals surface area contributed by atoms with Crippen LogP contribution in [0.25, 0.3) is 0 Å². The number of para-hydroxylation sites is 1. The van der Waals surface area contributed by atoms with Gasteiger partial charge in [-0.2, -0.15) is 0 Å². The summed E-state index contributed by atoms with van der Waals surface area (Å²) < 4.78 is 5.68. The minimum atomic E-state index is 0.232. The molecule has 2 rings (SSSR count). The van der Waals surface area contributed by atoms with Crippen LogP contribution in [0.1, 0.15) is 38.2 Å². The molecular formula is C16H24ClNO. The van der Waals surface area contributed by atoms with Crippen LogP contribution in [-0.2, 0) is 0 Å². The van der Waals surface area contributed by atoms with Crippen molar-refractivity contribution in [2.45, 2.75) is 38.0 Å². The molecule has 2 nitrogen and oxygen atoms in total. The number of ether oxygens (including phenoxy) is 1. The van der Waals surface area contributed by atoms with Crippen LogP contribution in [0.4, 0.5) is 0 Å². The van der Waals surface area contributed by atoms with Crippen molar-refractivity contribution in [3.63, 3.8) is 0 Å². The van der Waals surface area contributed by atoms with Crippen molar-refractivity contribution in [2.24, 2.45) is 5.92 Å². The van der Waals surface area contributed by atoms with Crippen molar-refractivity contribution in [2.75, 3.05) is 19.7 Å². The van der Waals surface area contributed by atoms with Gasteiger partial charge in [0.2, 0.25) is 0 Å². The third-order valence-electron chi connectivity index (χ3n) is 3.57. The summed E-state index contributed by atoms with van der Waals surface area (Å²) in [5.41, 5.74) is 1.33. The minimum absolute atomic E-state index is 0.232. The summed E-state index contributed by atoms with van der Waals surface area (Å²) >= 11 is 6.31.